The van der Waals surface area contributed by atoms with Gasteiger partial charge in [0.15, 0.2) is 0 Å². The quantitative estimate of drug-likeness (QED) is 0.566. The third-order valence-electron chi connectivity index (χ3n) is 3.40. The number of aryl methyl sites for hydroxylation is 1. The summed E-state index contributed by atoms with van der Waals surface area (Å²) in [6.07, 6.45) is 0. The van der Waals surface area contributed by atoms with Gasteiger partial charge in [-0.3, -0.25) is 19.2 Å². The minimum atomic E-state index is -4.39. The van der Waals surface area contributed by atoms with Crippen LogP contribution in [-0.2, 0) is 14.8 Å². The lowest BCUT2D eigenvalue weighted by atomic mass is 10.2. The number of hydrogen-bond donors (Lipinski definition) is 1. The predicted molar refractivity (Wildman–Crippen MR) is 96.5 cm³/mol. The van der Waals surface area contributed by atoms with Gasteiger partial charge in [-0.05, 0) is 36.8 Å². The van der Waals surface area contributed by atoms with E-state index >= 15 is 0 Å². The summed E-state index contributed by atoms with van der Waals surface area (Å²) in [5.74, 6) is -1.41. The summed E-state index contributed by atoms with van der Waals surface area (Å²) in [6.45, 7) is 0.538. The van der Waals surface area contributed by atoms with E-state index in [4.69, 9.17) is 28.3 Å². The number of aliphatic carboxylic acids is 1. The zero-order valence-electron chi connectivity index (χ0n) is 13.2. The molecule has 138 valence electrons. The Bertz CT molecular complexity index is 994. The summed E-state index contributed by atoms with van der Waals surface area (Å²) in [5, 5.41) is 20.0. The van der Waals surface area contributed by atoms with Gasteiger partial charge in [0.1, 0.15) is 11.4 Å². The van der Waals surface area contributed by atoms with Crippen LogP contribution in [0.5, 0.6) is 0 Å². The number of hydrogen-bond acceptors (Lipinski definition) is 5. The lowest BCUT2D eigenvalue weighted by molar-refractivity contribution is -0.384. The number of anilines is 1. The van der Waals surface area contributed by atoms with E-state index in [1.54, 1.807) is 0 Å². The molecule has 0 atom stereocenters. The van der Waals surface area contributed by atoms with Gasteiger partial charge in [-0.1, -0.05) is 23.2 Å². The molecule has 0 aromatic heterocycles. The molecule has 0 aliphatic rings. The highest BCUT2D eigenvalue weighted by atomic mass is 35.5. The van der Waals surface area contributed by atoms with Gasteiger partial charge >= 0.3 is 5.97 Å². The van der Waals surface area contributed by atoms with Crippen LogP contribution in [-0.4, -0.2) is 31.0 Å². The van der Waals surface area contributed by atoms with E-state index in [0.717, 1.165) is 18.2 Å². The molecule has 2 rings (SSSR count). The van der Waals surface area contributed by atoms with Gasteiger partial charge in [-0.15, -0.1) is 0 Å². The molecule has 0 saturated heterocycles. The van der Waals surface area contributed by atoms with Crippen molar-refractivity contribution in [3.8, 4) is 0 Å². The first kappa shape index (κ1) is 20.0. The third-order valence-corrected chi connectivity index (χ3v) is 5.88. The molecule has 0 heterocycles. The topological polar surface area (TPSA) is 118 Å². The highest BCUT2D eigenvalue weighted by molar-refractivity contribution is 7.93. The second kappa shape index (κ2) is 7.48. The minimum absolute atomic E-state index is 0.0194. The maximum atomic E-state index is 13.0. The summed E-state index contributed by atoms with van der Waals surface area (Å²) >= 11 is 11.8. The van der Waals surface area contributed by atoms with Gasteiger partial charge in [-0.2, -0.15) is 0 Å². The zero-order valence-corrected chi connectivity index (χ0v) is 15.5. The van der Waals surface area contributed by atoms with Crippen LogP contribution in [0.25, 0.3) is 0 Å². The molecule has 1 N–H and O–H groups in total. The Labute approximate surface area is 158 Å². The molecule has 0 bridgehead atoms. The first-order valence-corrected chi connectivity index (χ1v) is 9.18. The van der Waals surface area contributed by atoms with E-state index in [0.29, 0.717) is 4.31 Å². The van der Waals surface area contributed by atoms with Crippen molar-refractivity contribution in [1.82, 2.24) is 0 Å². The summed E-state index contributed by atoms with van der Waals surface area (Å²) in [5.41, 5.74) is -0.0593. The second-order valence-corrected chi connectivity index (χ2v) is 7.88. The average molecular weight is 419 g/mol. The number of nitro groups is 1. The maximum Gasteiger partial charge on any atom is 0.324 e. The molecule has 8 nitrogen and oxygen atoms in total. The van der Waals surface area contributed by atoms with E-state index < -0.39 is 27.5 Å². The lowest BCUT2D eigenvalue weighted by Crippen LogP contribution is -2.36. The Morgan fingerprint density at radius 3 is 2.42 bits per heavy atom. The van der Waals surface area contributed by atoms with Gasteiger partial charge in [0, 0.05) is 17.2 Å². The van der Waals surface area contributed by atoms with Crippen molar-refractivity contribution < 1.29 is 23.2 Å². The number of carbonyl (C=O) groups is 1. The number of rotatable bonds is 6. The first-order chi connectivity index (χ1) is 12.0. The number of nitro benzene ring substituents is 1. The van der Waals surface area contributed by atoms with Crippen LogP contribution >= 0.6 is 23.2 Å². The Kier molecular flexibility index (Phi) is 5.74. The standard InChI is InChI=1S/C15H12Cl2N2O6S/c1-9-6-11(19(22)23)3-5-13(9)18(8-15(20)21)26(24,25)14-7-10(16)2-4-12(14)17/h2-7H,8H2,1H3,(H,20,21). The molecule has 0 aliphatic carbocycles. The van der Waals surface area contributed by atoms with Gasteiger partial charge in [0.05, 0.1) is 15.6 Å². The minimum Gasteiger partial charge on any atom is -0.480 e. The van der Waals surface area contributed by atoms with Crippen molar-refractivity contribution in [1.29, 1.82) is 0 Å². The molecular formula is C15H12Cl2N2O6S. The molecule has 0 spiro atoms. The molecule has 2 aromatic rings. The zero-order chi connectivity index (χ0) is 19.6. The summed E-state index contributed by atoms with van der Waals surface area (Å²) in [7, 11) is -4.39. The average Bonchev–Trinajstić information content (AvgIpc) is 2.54. The summed E-state index contributed by atoms with van der Waals surface area (Å²) in [4.78, 5) is 21.1. The van der Waals surface area contributed by atoms with Crippen LogP contribution in [0.15, 0.2) is 41.3 Å². The fraction of sp³-hybridized carbons (Fsp3) is 0.133. The second-order valence-electron chi connectivity index (χ2n) is 5.21. The largest absolute Gasteiger partial charge is 0.480 e. The van der Waals surface area contributed by atoms with Crippen molar-refractivity contribution >= 4 is 50.6 Å². The van der Waals surface area contributed by atoms with E-state index in [-0.39, 0.29) is 31.9 Å². The molecule has 0 radical (unpaired) electrons. The maximum absolute atomic E-state index is 13.0. The van der Waals surface area contributed by atoms with Gasteiger partial charge in [0.25, 0.3) is 15.7 Å². The molecule has 0 aliphatic heterocycles. The van der Waals surface area contributed by atoms with Crippen LogP contribution in [0, 0.1) is 17.0 Å². The molecule has 0 unspecified atom stereocenters. The number of halogens is 2. The molecule has 2 aromatic carbocycles. The van der Waals surface area contributed by atoms with Crippen molar-refractivity contribution in [3.05, 3.63) is 62.1 Å². The predicted octanol–water partition coefficient (Wildman–Crippen LogP) is 3.49. The Hall–Kier alpha value is -2.36. The Morgan fingerprint density at radius 1 is 1.23 bits per heavy atom. The molecule has 26 heavy (non-hydrogen) atoms. The Morgan fingerprint density at radius 2 is 1.88 bits per heavy atom. The number of carboxylic acid groups (broad SMARTS) is 1. The van der Waals surface area contributed by atoms with Crippen molar-refractivity contribution in [2.75, 3.05) is 10.8 Å². The van der Waals surface area contributed by atoms with Crippen LogP contribution in [0.2, 0.25) is 10.0 Å². The number of nitrogens with zero attached hydrogens (tertiary/aromatic N) is 2. The third kappa shape index (κ3) is 4.06. The van der Waals surface area contributed by atoms with E-state index in [1.165, 1.54) is 25.1 Å². The fourth-order valence-corrected chi connectivity index (χ4v) is 4.47. The molecule has 0 amide bonds. The number of carboxylic acids is 1. The van der Waals surface area contributed by atoms with Crippen LogP contribution in [0.1, 0.15) is 5.56 Å². The molecule has 0 saturated carbocycles. The van der Waals surface area contributed by atoms with E-state index in [2.05, 4.69) is 0 Å². The molecule has 0 fully saturated rings. The van der Waals surface area contributed by atoms with Crippen molar-refractivity contribution in [3.63, 3.8) is 0 Å². The van der Waals surface area contributed by atoms with Gasteiger partial charge in [-0.25, -0.2) is 8.42 Å². The van der Waals surface area contributed by atoms with Crippen LogP contribution in [0.4, 0.5) is 11.4 Å². The van der Waals surface area contributed by atoms with Gasteiger partial charge in [0.2, 0.25) is 0 Å². The smallest absolute Gasteiger partial charge is 0.324 e. The summed E-state index contributed by atoms with van der Waals surface area (Å²) < 4.78 is 26.6. The normalized spacial score (nSPS) is 11.2. The van der Waals surface area contributed by atoms with Crippen molar-refractivity contribution in [2.45, 2.75) is 11.8 Å². The monoisotopic (exact) mass is 418 g/mol. The SMILES string of the molecule is Cc1cc([N+](=O)[O-])ccc1N(CC(=O)O)S(=O)(=O)c1cc(Cl)ccc1Cl. The Balaban J connectivity index is 2.66. The van der Waals surface area contributed by atoms with Gasteiger partial charge < -0.3 is 5.11 Å². The number of sulfonamides is 1. The fourth-order valence-electron chi connectivity index (χ4n) is 2.25. The van der Waals surface area contributed by atoms with E-state index in [1.807, 2.05) is 0 Å². The number of non-ortho nitro benzene ring substituents is 1. The summed E-state index contributed by atoms with van der Waals surface area (Å²) in [6, 6.07) is 7.19. The molecular weight excluding hydrogens is 407 g/mol. The van der Waals surface area contributed by atoms with E-state index in [9.17, 15) is 23.3 Å². The first-order valence-electron chi connectivity index (χ1n) is 6.98. The highest BCUT2D eigenvalue weighted by Crippen LogP contribution is 2.33. The number of benzene rings is 2. The van der Waals surface area contributed by atoms with Crippen molar-refractivity contribution in [2.24, 2.45) is 0 Å². The molecule has 11 heteroatoms. The van der Waals surface area contributed by atoms with Crippen LogP contribution < -0.4 is 4.31 Å². The highest BCUT2D eigenvalue weighted by Gasteiger charge is 2.30. The van der Waals surface area contributed by atoms with Crippen LogP contribution in [0.3, 0.4) is 0 Å². The lowest BCUT2D eigenvalue weighted by Gasteiger charge is -2.24.